The van der Waals surface area contributed by atoms with E-state index in [0.717, 1.165) is 32.7 Å². The SMILES string of the molecule is CN(CCN1CCNCC1)C(=O)c1ccc(Br)cc1F. The van der Waals surface area contributed by atoms with Crippen molar-refractivity contribution in [2.75, 3.05) is 46.3 Å². The zero-order valence-corrected chi connectivity index (χ0v) is 13.1. The van der Waals surface area contributed by atoms with Crippen LogP contribution < -0.4 is 5.32 Å². The molecule has 0 saturated carbocycles. The molecule has 0 aliphatic carbocycles. The summed E-state index contributed by atoms with van der Waals surface area (Å²) < 4.78 is 14.4. The van der Waals surface area contributed by atoms with Crippen LogP contribution in [0.25, 0.3) is 0 Å². The maximum Gasteiger partial charge on any atom is 0.256 e. The molecule has 1 amide bonds. The number of carbonyl (C=O) groups excluding carboxylic acids is 1. The summed E-state index contributed by atoms with van der Waals surface area (Å²) in [5, 5.41) is 3.29. The minimum absolute atomic E-state index is 0.121. The molecule has 1 N–H and O–H groups in total. The van der Waals surface area contributed by atoms with Crippen molar-refractivity contribution >= 4 is 21.8 Å². The van der Waals surface area contributed by atoms with Crippen LogP contribution in [-0.4, -0.2) is 62.0 Å². The summed E-state index contributed by atoms with van der Waals surface area (Å²) in [4.78, 5) is 16.1. The molecule has 110 valence electrons. The molecule has 20 heavy (non-hydrogen) atoms. The van der Waals surface area contributed by atoms with Gasteiger partial charge >= 0.3 is 0 Å². The number of likely N-dealkylation sites (N-methyl/N-ethyl adjacent to an activating group) is 1. The first-order valence-electron chi connectivity index (χ1n) is 6.71. The minimum Gasteiger partial charge on any atom is -0.340 e. The molecule has 1 aromatic rings. The lowest BCUT2D eigenvalue weighted by molar-refractivity contribution is 0.0770. The second-order valence-electron chi connectivity index (χ2n) is 4.94. The molecule has 0 atom stereocenters. The summed E-state index contributed by atoms with van der Waals surface area (Å²) in [5.74, 6) is -0.761. The number of amides is 1. The van der Waals surface area contributed by atoms with Crippen LogP contribution in [0.1, 0.15) is 10.4 Å². The fraction of sp³-hybridized carbons (Fsp3) is 0.500. The topological polar surface area (TPSA) is 35.6 Å². The average Bonchev–Trinajstić information content (AvgIpc) is 2.45. The van der Waals surface area contributed by atoms with E-state index >= 15 is 0 Å². The fourth-order valence-electron chi connectivity index (χ4n) is 2.20. The van der Waals surface area contributed by atoms with E-state index in [1.807, 2.05) is 0 Å². The molecule has 2 rings (SSSR count). The number of benzene rings is 1. The molecule has 1 aliphatic rings. The Balaban J connectivity index is 1.90. The van der Waals surface area contributed by atoms with Crippen molar-refractivity contribution in [2.24, 2.45) is 0 Å². The molecule has 0 unspecified atom stereocenters. The van der Waals surface area contributed by atoms with E-state index in [0.29, 0.717) is 11.0 Å². The van der Waals surface area contributed by atoms with E-state index in [9.17, 15) is 9.18 Å². The molecule has 0 bridgehead atoms. The quantitative estimate of drug-likeness (QED) is 0.901. The number of nitrogens with zero attached hydrogens (tertiary/aromatic N) is 2. The van der Waals surface area contributed by atoms with Crippen LogP contribution in [0.5, 0.6) is 0 Å². The normalized spacial score (nSPS) is 16.1. The summed E-state index contributed by atoms with van der Waals surface area (Å²) >= 11 is 3.19. The van der Waals surface area contributed by atoms with Gasteiger partial charge in [-0.1, -0.05) is 15.9 Å². The first kappa shape index (κ1) is 15.4. The second kappa shape index (κ2) is 7.15. The van der Waals surface area contributed by atoms with E-state index in [-0.39, 0.29) is 11.5 Å². The van der Waals surface area contributed by atoms with Crippen molar-refractivity contribution in [1.82, 2.24) is 15.1 Å². The largest absolute Gasteiger partial charge is 0.340 e. The van der Waals surface area contributed by atoms with E-state index < -0.39 is 5.82 Å². The van der Waals surface area contributed by atoms with E-state index in [2.05, 4.69) is 26.1 Å². The highest BCUT2D eigenvalue weighted by Gasteiger charge is 2.17. The minimum atomic E-state index is -0.488. The smallest absolute Gasteiger partial charge is 0.256 e. The summed E-state index contributed by atoms with van der Waals surface area (Å²) in [7, 11) is 1.71. The molecule has 1 heterocycles. The fourth-order valence-corrected chi connectivity index (χ4v) is 2.53. The Morgan fingerprint density at radius 2 is 2.15 bits per heavy atom. The van der Waals surface area contributed by atoms with Gasteiger partial charge in [0.25, 0.3) is 5.91 Å². The molecular weight excluding hydrogens is 325 g/mol. The molecule has 0 aromatic heterocycles. The summed E-state index contributed by atoms with van der Waals surface area (Å²) in [6, 6.07) is 4.51. The van der Waals surface area contributed by atoms with Crippen molar-refractivity contribution in [1.29, 1.82) is 0 Å². The van der Waals surface area contributed by atoms with Gasteiger partial charge in [0.15, 0.2) is 0 Å². The second-order valence-corrected chi connectivity index (χ2v) is 5.86. The highest BCUT2D eigenvalue weighted by atomic mass is 79.9. The number of hydrogen-bond donors (Lipinski definition) is 1. The molecule has 1 fully saturated rings. The van der Waals surface area contributed by atoms with Crippen molar-refractivity contribution in [2.45, 2.75) is 0 Å². The Morgan fingerprint density at radius 1 is 1.45 bits per heavy atom. The average molecular weight is 344 g/mol. The molecule has 0 spiro atoms. The van der Waals surface area contributed by atoms with E-state index in [1.165, 1.54) is 12.1 Å². The number of rotatable bonds is 4. The predicted molar refractivity (Wildman–Crippen MR) is 80.4 cm³/mol. The Bertz CT molecular complexity index is 477. The van der Waals surface area contributed by atoms with Crippen LogP contribution in [0.4, 0.5) is 4.39 Å². The van der Waals surface area contributed by atoms with Crippen molar-refractivity contribution < 1.29 is 9.18 Å². The maximum absolute atomic E-state index is 13.8. The van der Waals surface area contributed by atoms with Crippen LogP contribution in [0.15, 0.2) is 22.7 Å². The number of carbonyl (C=O) groups is 1. The molecule has 1 saturated heterocycles. The summed E-state index contributed by atoms with van der Waals surface area (Å²) in [5.41, 5.74) is 0.121. The van der Waals surface area contributed by atoms with Gasteiger partial charge in [-0.3, -0.25) is 9.69 Å². The first-order valence-corrected chi connectivity index (χ1v) is 7.51. The summed E-state index contributed by atoms with van der Waals surface area (Å²) in [6.45, 7) is 5.39. The van der Waals surface area contributed by atoms with Gasteiger partial charge in [-0.25, -0.2) is 4.39 Å². The Morgan fingerprint density at radius 3 is 2.80 bits per heavy atom. The van der Waals surface area contributed by atoms with Crippen LogP contribution >= 0.6 is 15.9 Å². The van der Waals surface area contributed by atoms with Gasteiger partial charge in [-0.15, -0.1) is 0 Å². The van der Waals surface area contributed by atoms with Gasteiger partial charge in [0, 0.05) is 50.8 Å². The predicted octanol–water partition coefficient (Wildman–Crippen LogP) is 1.57. The van der Waals surface area contributed by atoms with E-state index in [1.54, 1.807) is 18.0 Å². The van der Waals surface area contributed by atoms with Gasteiger partial charge in [-0.05, 0) is 18.2 Å². The van der Waals surface area contributed by atoms with Gasteiger partial charge in [-0.2, -0.15) is 0 Å². The van der Waals surface area contributed by atoms with Gasteiger partial charge in [0.1, 0.15) is 5.82 Å². The third-order valence-electron chi connectivity index (χ3n) is 3.47. The van der Waals surface area contributed by atoms with Crippen LogP contribution in [0.3, 0.4) is 0 Å². The maximum atomic E-state index is 13.8. The zero-order valence-electron chi connectivity index (χ0n) is 11.5. The van der Waals surface area contributed by atoms with Crippen molar-refractivity contribution in [3.8, 4) is 0 Å². The van der Waals surface area contributed by atoms with Gasteiger partial charge in [0.05, 0.1) is 5.56 Å². The van der Waals surface area contributed by atoms with Crippen molar-refractivity contribution in [3.63, 3.8) is 0 Å². The molecule has 0 radical (unpaired) electrons. The monoisotopic (exact) mass is 343 g/mol. The number of nitrogens with one attached hydrogen (secondary N) is 1. The van der Waals surface area contributed by atoms with Crippen LogP contribution in [0, 0.1) is 5.82 Å². The molecule has 6 heteroatoms. The van der Waals surface area contributed by atoms with Crippen LogP contribution in [-0.2, 0) is 0 Å². The molecule has 4 nitrogen and oxygen atoms in total. The lowest BCUT2D eigenvalue weighted by Gasteiger charge is -2.29. The van der Waals surface area contributed by atoms with Crippen LogP contribution in [0.2, 0.25) is 0 Å². The van der Waals surface area contributed by atoms with E-state index in [4.69, 9.17) is 0 Å². The Kier molecular flexibility index (Phi) is 5.51. The number of piperazine rings is 1. The number of halogens is 2. The highest BCUT2D eigenvalue weighted by molar-refractivity contribution is 9.10. The standard InChI is InChI=1S/C14H19BrFN3O/c1-18(8-9-19-6-4-17-5-7-19)14(20)12-3-2-11(15)10-13(12)16/h2-3,10,17H,4-9H2,1H3. The van der Waals surface area contributed by atoms with Gasteiger partial charge < -0.3 is 10.2 Å². The molecule has 1 aliphatic heterocycles. The van der Waals surface area contributed by atoms with Crippen molar-refractivity contribution in [3.05, 3.63) is 34.1 Å². The first-order chi connectivity index (χ1) is 9.58. The van der Waals surface area contributed by atoms with Gasteiger partial charge in [0.2, 0.25) is 0 Å². The lowest BCUT2D eigenvalue weighted by Crippen LogP contribution is -2.46. The number of hydrogen-bond acceptors (Lipinski definition) is 3. The zero-order chi connectivity index (χ0) is 14.5. The highest BCUT2D eigenvalue weighted by Crippen LogP contribution is 2.16. The molecule has 1 aromatic carbocycles. The summed E-state index contributed by atoms with van der Waals surface area (Å²) in [6.07, 6.45) is 0. The Labute approximate surface area is 127 Å². The third kappa shape index (κ3) is 4.01. The third-order valence-corrected chi connectivity index (χ3v) is 3.96. The Hall–Kier alpha value is -0.980. The lowest BCUT2D eigenvalue weighted by atomic mass is 10.2. The molecular formula is C14H19BrFN3O.